The molecule has 2 rings (SSSR count). The molecule has 0 atom stereocenters. The van der Waals surface area contributed by atoms with E-state index < -0.39 is 5.79 Å². The Morgan fingerprint density at radius 2 is 1.56 bits per heavy atom. The minimum Gasteiger partial charge on any atom is -0.393 e. The molecule has 2 N–H and O–H groups in total. The van der Waals surface area contributed by atoms with Crippen LogP contribution in [0.1, 0.15) is 57.8 Å². The van der Waals surface area contributed by atoms with Gasteiger partial charge in [-0.15, -0.1) is 0 Å². The molecule has 2 aliphatic rings. The second-order valence-electron chi connectivity index (χ2n) is 5.24. The Bertz CT molecular complexity index is 227. The lowest BCUT2D eigenvalue weighted by Crippen LogP contribution is -2.40. The van der Waals surface area contributed by atoms with Crippen LogP contribution in [0.4, 0.5) is 0 Å². The zero-order valence-electron chi connectivity index (χ0n) is 10.5. The van der Waals surface area contributed by atoms with E-state index in [9.17, 15) is 5.11 Å². The summed E-state index contributed by atoms with van der Waals surface area (Å²) in [6.07, 6.45) is 7.10. The number of rotatable bonds is 5. The highest BCUT2D eigenvalue weighted by Gasteiger charge is 2.38. The zero-order valence-corrected chi connectivity index (χ0v) is 10.5. The lowest BCUT2D eigenvalue weighted by molar-refractivity contribution is -0.599. The molecule has 2 fully saturated rings. The van der Waals surface area contributed by atoms with E-state index in [4.69, 9.17) is 19.9 Å². The second-order valence-corrected chi connectivity index (χ2v) is 5.24. The quantitative estimate of drug-likeness (QED) is 0.450. The molecule has 0 saturated heterocycles. The third kappa shape index (κ3) is 3.88. The summed E-state index contributed by atoms with van der Waals surface area (Å²) in [6.45, 7) is 0. The summed E-state index contributed by atoms with van der Waals surface area (Å²) in [4.78, 5) is 15.6. The van der Waals surface area contributed by atoms with Crippen LogP contribution in [0, 0.1) is 0 Å². The van der Waals surface area contributed by atoms with E-state index in [1.807, 2.05) is 0 Å². The maximum absolute atomic E-state index is 9.40. The van der Waals surface area contributed by atoms with Gasteiger partial charge in [0, 0.05) is 12.8 Å². The van der Waals surface area contributed by atoms with Crippen molar-refractivity contribution in [2.45, 2.75) is 75.8 Å². The predicted molar refractivity (Wildman–Crippen MR) is 61.0 cm³/mol. The molecule has 0 aromatic rings. The van der Waals surface area contributed by atoms with Crippen molar-refractivity contribution < 1.29 is 30.1 Å². The van der Waals surface area contributed by atoms with Crippen molar-refractivity contribution in [2.24, 2.45) is 0 Å². The normalized spacial score (nSPS) is 32.3. The van der Waals surface area contributed by atoms with Gasteiger partial charge in [0.2, 0.25) is 5.79 Å². The first-order valence-corrected chi connectivity index (χ1v) is 6.76. The van der Waals surface area contributed by atoms with E-state index in [-0.39, 0.29) is 12.2 Å². The SMILES string of the molecule is OOOC1(OOC2CCC(O)CC2)CCCCC1. The summed E-state index contributed by atoms with van der Waals surface area (Å²) in [5, 5.41) is 21.7. The van der Waals surface area contributed by atoms with Crippen LogP contribution in [0.3, 0.4) is 0 Å². The first kappa shape index (κ1) is 14.2. The number of hydrogen-bond acceptors (Lipinski definition) is 6. The summed E-state index contributed by atoms with van der Waals surface area (Å²) in [5.74, 6) is -0.983. The lowest BCUT2D eigenvalue weighted by atomic mass is 9.94. The molecule has 106 valence electrons. The predicted octanol–water partition coefficient (Wildman–Crippen LogP) is 2.32. The van der Waals surface area contributed by atoms with E-state index >= 15 is 0 Å². The zero-order chi connectivity index (χ0) is 12.8. The highest BCUT2D eigenvalue weighted by Crippen LogP contribution is 2.34. The highest BCUT2D eigenvalue weighted by molar-refractivity contribution is 4.74. The molecule has 18 heavy (non-hydrogen) atoms. The molecule has 0 aromatic carbocycles. The molecular weight excluding hydrogens is 240 g/mol. The molecule has 0 aliphatic heterocycles. The van der Waals surface area contributed by atoms with Gasteiger partial charge in [-0.25, -0.2) is 10.1 Å². The van der Waals surface area contributed by atoms with Gasteiger partial charge >= 0.3 is 0 Å². The summed E-state index contributed by atoms with van der Waals surface area (Å²) in [7, 11) is 0. The monoisotopic (exact) mass is 262 g/mol. The summed E-state index contributed by atoms with van der Waals surface area (Å²) in [6, 6.07) is 0. The molecular formula is C12H22O6. The maximum Gasteiger partial charge on any atom is 0.237 e. The summed E-state index contributed by atoms with van der Waals surface area (Å²) < 4.78 is 0. The minimum absolute atomic E-state index is 0.0190. The Morgan fingerprint density at radius 1 is 0.889 bits per heavy atom. The molecule has 0 aromatic heterocycles. The molecule has 0 bridgehead atoms. The summed E-state index contributed by atoms with van der Waals surface area (Å²) >= 11 is 0. The maximum atomic E-state index is 9.40. The topological polar surface area (TPSA) is 77.4 Å². The van der Waals surface area contributed by atoms with Crippen molar-refractivity contribution in [3.63, 3.8) is 0 Å². The van der Waals surface area contributed by atoms with Crippen molar-refractivity contribution in [1.29, 1.82) is 0 Å². The Labute approximate surface area is 107 Å². The van der Waals surface area contributed by atoms with Crippen molar-refractivity contribution in [2.75, 3.05) is 0 Å². The van der Waals surface area contributed by atoms with Crippen LogP contribution >= 0.6 is 0 Å². The van der Waals surface area contributed by atoms with Crippen LogP contribution < -0.4 is 0 Å². The van der Waals surface area contributed by atoms with Gasteiger partial charge in [0.05, 0.1) is 12.2 Å². The number of aliphatic hydroxyl groups is 1. The third-order valence-corrected chi connectivity index (χ3v) is 3.78. The van der Waals surface area contributed by atoms with E-state index in [1.165, 1.54) is 0 Å². The molecule has 0 radical (unpaired) electrons. The van der Waals surface area contributed by atoms with Crippen LogP contribution in [-0.4, -0.2) is 28.4 Å². The Morgan fingerprint density at radius 3 is 2.17 bits per heavy atom. The van der Waals surface area contributed by atoms with E-state index in [0.717, 1.165) is 44.9 Å². The van der Waals surface area contributed by atoms with Crippen LogP contribution in [0.5, 0.6) is 0 Å². The van der Waals surface area contributed by atoms with Crippen molar-refractivity contribution in [3.8, 4) is 0 Å². The van der Waals surface area contributed by atoms with Crippen LogP contribution in [-0.2, 0) is 19.7 Å². The van der Waals surface area contributed by atoms with Crippen LogP contribution in [0.15, 0.2) is 0 Å². The molecule has 6 nitrogen and oxygen atoms in total. The Kier molecular flexibility index (Phi) is 5.35. The van der Waals surface area contributed by atoms with Gasteiger partial charge in [-0.2, -0.15) is 9.78 Å². The fourth-order valence-corrected chi connectivity index (χ4v) is 2.64. The highest BCUT2D eigenvalue weighted by atomic mass is 17.5. The van der Waals surface area contributed by atoms with Crippen LogP contribution in [0.2, 0.25) is 0 Å². The van der Waals surface area contributed by atoms with Crippen molar-refractivity contribution in [1.82, 2.24) is 0 Å². The third-order valence-electron chi connectivity index (χ3n) is 3.78. The van der Waals surface area contributed by atoms with Gasteiger partial charge in [-0.05, 0) is 38.5 Å². The molecule has 2 saturated carbocycles. The van der Waals surface area contributed by atoms with Gasteiger partial charge in [0.1, 0.15) is 0 Å². The van der Waals surface area contributed by atoms with E-state index in [0.29, 0.717) is 12.8 Å². The first-order valence-electron chi connectivity index (χ1n) is 6.76. The molecule has 0 unspecified atom stereocenters. The van der Waals surface area contributed by atoms with E-state index in [1.54, 1.807) is 0 Å². The largest absolute Gasteiger partial charge is 0.393 e. The minimum atomic E-state index is -0.983. The first-order chi connectivity index (χ1) is 8.74. The average molecular weight is 262 g/mol. The molecule has 6 heteroatoms. The van der Waals surface area contributed by atoms with Crippen molar-refractivity contribution in [3.05, 3.63) is 0 Å². The number of aliphatic hydroxyl groups excluding tert-OH is 1. The Hall–Kier alpha value is -0.240. The van der Waals surface area contributed by atoms with Gasteiger partial charge in [0.25, 0.3) is 0 Å². The van der Waals surface area contributed by atoms with E-state index in [2.05, 4.69) is 5.04 Å². The summed E-state index contributed by atoms with van der Waals surface area (Å²) in [5.41, 5.74) is 0. The second kappa shape index (κ2) is 6.79. The van der Waals surface area contributed by atoms with Crippen molar-refractivity contribution >= 4 is 0 Å². The molecule has 0 heterocycles. The molecule has 0 amide bonds. The van der Waals surface area contributed by atoms with Crippen LogP contribution in [0.25, 0.3) is 0 Å². The number of hydrogen-bond donors (Lipinski definition) is 2. The Balaban J connectivity index is 1.78. The molecule has 2 aliphatic carbocycles. The fraction of sp³-hybridized carbons (Fsp3) is 1.00. The van der Waals surface area contributed by atoms with Gasteiger partial charge < -0.3 is 5.11 Å². The average Bonchev–Trinajstić information content (AvgIpc) is 2.40. The van der Waals surface area contributed by atoms with Gasteiger partial charge in [0.15, 0.2) is 0 Å². The van der Waals surface area contributed by atoms with Gasteiger partial charge in [-0.3, -0.25) is 0 Å². The fourth-order valence-electron chi connectivity index (χ4n) is 2.64. The molecule has 0 spiro atoms. The van der Waals surface area contributed by atoms with Gasteiger partial charge in [-0.1, -0.05) is 11.5 Å². The standard InChI is InChI=1S/C12H22O6/c13-10-4-6-11(7-5-10)15-16-12(17-18-14)8-2-1-3-9-12/h10-11,13-14H,1-9H2. The smallest absolute Gasteiger partial charge is 0.237 e. The lowest BCUT2D eigenvalue weighted by Gasteiger charge is -2.34.